The monoisotopic (exact) mass is 377 g/mol. The quantitative estimate of drug-likeness (QED) is 0.447. The molecule has 0 amide bonds. The highest BCUT2D eigenvalue weighted by molar-refractivity contribution is 5.66. The summed E-state index contributed by atoms with van der Waals surface area (Å²) < 4.78 is 38.6. The summed E-state index contributed by atoms with van der Waals surface area (Å²) in [5.74, 6) is 1.25. The molecule has 138 valence electrons. The molecule has 0 N–H and O–H groups in total. The molecule has 0 saturated heterocycles. The fourth-order valence-corrected chi connectivity index (χ4v) is 2.75. The number of nitrogens with zero attached hydrogens (tertiary/aromatic N) is 3. The molecule has 1 aromatic heterocycles. The largest absolute Gasteiger partial charge is 0.416 e. The van der Waals surface area contributed by atoms with Gasteiger partial charge in [-0.1, -0.05) is 72.8 Å². The van der Waals surface area contributed by atoms with Crippen LogP contribution in [0.1, 0.15) is 5.56 Å². The van der Waals surface area contributed by atoms with Crippen molar-refractivity contribution in [2.75, 3.05) is 0 Å². The van der Waals surface area contributed by atoms with Crippen LogP contribution in [-0.4, -0.2) is 15.0 Å². The number of hydrogen-bond acceptors (Lipinski definition) is 3. The highest BCUT2D eigenvalue weighted by Crippen LogP contribution is 2.31. The van der Waals surface area contributed by atoms with Crippen molar-refractivity contribution in [3.05, 3.63) is 90.5 Å². The second-order valence-corrected chi connectivity index (χ2v) is 6.11. The second-order valence-electron chi connectivity index (χ2n) is 6.11. The zero-order chi connectivity index (χ0) is 19.6. The second kappa shape index (κ2) is 7.23. The van der Waals surface area contributed by atoms with Gasteiger partial charge in [0.25, 0.3) is 0 Å². The molecule has 4 rings (SSSR count). The van der Waals surface area contributed by atoms with Crippen LogP contribution < -0.4 is 0 Å². The summed E-state index contributed by atoms with van der Waals surface area (Å²) in [5, 5.41) is 0. The highest BCUT2D eigenvalue weighted by atomic mass is 19.4. The molecule has 0 radical (unpaired) electrons. The minimum atomic E-state index is -4.39. The van der Waals surface area contributed by atoms with Gasteiger partial charge in [0, 0.05) is 16.7 Å². The van der Waals surface area contributed by atoms with Crippen LogP contribution in [0.5, 0.6) is 0 Å². The van der Waals surface area contributed by atoms with Crippen molar-refractivity contribution >= 4 is 0 Å². The fraction of sp³-hybridized carbons (Fsp3) is 0.0455. The zero-order valence-corrected chi connectivity index (χ0v) is 14.6. The van der Waals surface area contributed by atoms with E-state index in [2.05, 4.69) is 15.0 Å². The molecule has 4 aromatic rings. The van der Waals surface area contributed by atoms with Gasteiger partial charge in [-0.25, -0.2) is 15.0 Å². The molecule has 6 heteroatoms. The lowest BCUT2D eigenvalue weighted by Crippen LogP contribution is -2.04. The molecule has 0 saturated carbocycles. The summed E-state index contributed by atoms with van der Waals surface area (Å²) >= 11 is 0. The van der Waals surface area contributed by atoms with Gasteiger partial charge < -0.3 is 0 Å². The number of rotatable bonds is 3. The predicted molar refractivity (Wildman–Crippen MR) is 101 cm³/mol. The summed E-state index contributed by atoms with van der Waals surface area (Å²) in [4.78, 5) is 13.5. The molecule has 0 spiro atoms. The highest BCUT2D eigenvalue weighted by Gasteiger charge is 2.30. The van der Waals surface area contributed by atoms with Crippen molar-refractivity contribution < 1.29 is 13.2 Å². The molecule has 0 aliphatic rings. The molecule has 0 fully saturated rings. The van der Waals surface area contributed by atoms with Crippen LogP contribution in [0.25, 0.3) is 34.2 Å². The Morgan fingerprint density at radius 2 is 0.821 bits per heavy atom. The Hall–Kier alpha value is -3.54. The van der Waals surface area contributed by atoms with Crippen LogP contribution in [0.15, 0.2) is 84.9 Å². The Morgan fingerprint density at radius 3 is 1.18 bits per heavy atom. The maximum atomic E-state index is 12.9. The Labute approximate surface area is 159 Å². The van der Waals surface area contributed by atoms with Gasteiger partial charge in [0.1, 0.15) is 0 Å². The van der Waals surface area contributed by atoms with Gasteiger partial charge in [0.2, 0.25) is 0 Å². The van der Waals surface area contributed by atoms with Crippen molar-refractivity contribution in [1.82, 2.24) is 15.0 Å². The van der Waals surface area contributed by atoms with Gasteiger partial charge in [0.05, 0.1) is 5.56 Å². The van der Waals surface area contributed by atoms with E-state index in [1.165, 1.54) is 12.1 Å². The fourth-order valence-electron chi connectivity index (χ4n) is 2.75. The first-order chi connectivity index (χ1) is 13.5. The van der Waals surface area contributed by atoms with Crippen molar-refractivity contribution in [2.24, 2.45) is 0 Å². The molecule has 0 aliphatic carbocycles. The van der Waals surface area contributed by atoms with E-state index in [4.69, 9.17) is 0 Å². The molecule has 3 nitrogen and oxygen atoms in total. The van der Waals surface area contributed by atoms with Crippen LogP contribution in [0.2, 0.25) is 0 Å². The number of benzene rings is 3. The third-order valence-electron chi connectivity index (χ3n) is 4.17. The van der Waals surface area contributed by atoms with E-state index in [-0.39, 0.29) is 0 Å². The Bertz CT molecular complexity index is 1020. The summed E-state index contributed by atoms with van der Waals surface area (Å²) in [6.07, 6.45) is -4.39. The normalized spacial score (nSPS) is 11.4. The topological polar surface area (TPSA) is 38.7 Å². The Balaban J connectivity index is 1.85. The maximum absolute atomic E-state index is 12.9. The molecule has 28 heavy (non-hydrogen) atoms. The SMILES string of the molecule is FC(F)(F)c1ccc(-c2nc(-c3ccccc3)nc(-c3ccccc3)n2)cc1. The zero-order valence-electron chi connectivity index (χ0n) is 14.6. The molecular formula is C22H14F3N3. The average Bonchev–Trinajstić information content (AvgIpc) is 2.74. The number of hydrogen-bond donors (Lipinski definition) is 0. The van der Waals surface area contributed by atoms with Crippen molar-refractivity contribution in [2.45, 2.75) is 6.18 Å². The van der Waals surface area contributed by atoms with E-state index < -0.39 is 11.7 Å². The minimum absolute atomic E-state index is 0.321. The molecule has 3 aromatic carbocycles. The first-order valence-corrected chi connectivity index (χ1v) is 8.55. The third-order valence-corrected chi connectivity index (χ3v) is 4.17. The Kier molecular flexibility index (Phi) is 4.61. The Morgan fingerprint density at radius 1 is 0.464 bits per heavy atom. The van der Waals surface area contributed by atoms with E-state index in [1.54, 1.807) is 0 Å². The lowest BCUT2D eigenvalue weighted by Gasteiger charge is -2.10. The summed E-state index contributed by atoms with van der Waals surface area (Å²) in [6.45, 7) is 0. The maximum Gasteiger partial charge on any atom is 0.416 e. The van der Waals surface area contributed by atoms with Crippen molar-refractivity contribution in [3.8, 4) is 34.2 Å². The van der Waals surface area contributed by atoms with E-state index >= 15 is 0 Å². The predicted octanol–water partition coefficient (Wildman–Crippen LogP) is 5.89. The lowest BCUT2D eigenvalue weighted by atomic mass is 10.1. The van der Waals surface area contributed by atoms with Gasteiger partial charge in [-0.15, -0.1) is 0 Å². The van der Waals surface area contributed by atoms with E-state index in [0.717, 1.165) is 23.3 Å². The summed E-state index contributed by atoms with van der Waals surface area (Å²) in [6, 6.07) is 23.6. The van der Waals surface area contributed by atoms with Crippen LogP contribution >= 0.6 is 0 Å². The van der Waals surface area contributed by atoms with Gasteiger partial charge >= 0.3 is 6.18 Å². The van der Waals surface area contributed by atoms with E-state index in [9.17, 15) is 13.2 Å². The number of halogens is 3. The van der Waals surface area contributed by atoms with Gasteiger partial charge in [-0.2, -0.15) is 13.2 Å². The standard InChI is InChI=1S/C22H14F3N3/c23-22(24,25)18-13-11-17(12-14-18)21-27-19(15-7-3-1-4-8-15)26-20(28-21)16-9-5-2-6-10-16/h1-14H. The van der Waals surface area contributed by atoms with Gasteiger partial charge in [-0.3, -0.25) is 0 Å². The van der Waals surface area contributed by atoms with E-state index in [0.29, 0.717) is 23.0 Å². The summed E-state index contributed by atoms with van der Waals surface area (Å²) in [7, 11) is 0. The lowest BCUT2D eigenvalue weighted by molar-refractivity contribution is -0.137. The van der Waals surface area contributed by atoms with Gasteiger partial charge in [0.15, 0.2) is 17.5 Å². The van der Waals surface area contributed by atoms with Gasteiger partial charge in [-0.05, 0) is 12.1 Å². The smallest absolute Gasteiger partial charge is 0.208 e. The third kappa shape index (κ3) is 3.76. The minimum Gasteiger partial charge on any atom is -0.208 e. The first kappa shape index (κ1) is 17.9. The van der Waals surface area contributed by atoms with Crippen molar-refractivity contribution in [1.29, 1.82) is 0 Å². The van der Waals surface area contributed by atoms with Crippen LogP contribution in [0.3, 0.4) is 0 Å². The molecule has 0 atom stereocenters. The number of aromatic nitrogens is 3. The van der Waals surface area contributed by atoms with Crippen molar-refractivity contribution in [3.63, 3.8) is 0 Å². The average molecular weight is 377 g/mol. The van der Waals surface area contributed by atoms with E-state index in [1.807, 2.05) is 60.7 Å². The van der Waals surface area contributed by atoms with Crippen LogP contribution in [0.4, 0.5) is 13.2 Å². The molecular weight excluding hydrogens is 363 g/mol. The number of alkyl halides is 3. The first-order valence-electron chi connectivity index (χ1n) is 8.55. The van der Waals surface area contributed by atoms with Crippen LogP contribution in [-0.2, 0) is 6.18 Å². The molecule has 0 bridgehead atoms. The summed E-state index contributed by atoms with van der Waals surface area (Å²) in [5.41, 5.74) is 1.38. The molecule has 0 aliphatic heterocycles. The molecule has 1 heterocycles. The van der Waals surface area contributed by atoms with Crippen LogP contribution in [0, 0.1) is 0 Å². The molecule has 0 unspecified atom stereocenters.